The number of ether oxygens (including phenoxy) is 1. The Morgan fingerprint density at radius 2 is 1.33 bits per heavy atom. The zero-order valence-corrected chi connectivity index (χ0v) is 21.1. The monoisotopic (exact) mass is 522 g/mol. The molecular formula is C30H26N4O5. The first kappa shape index (κ1) is 22.6. The lowest BCUT2D eigenvalue weighted by molar-refractivity contribution is -0.0264. The first-order valence-corrected chi connectivity index (χ1v) is 13.5. The quantitative estimate of drug-likeness (QED) is 0.322. The summed E-state index contributed by atoms with van der Waals surface area (Å²) in [7, 11) is 0. The predicted octanol–water partition coefficient (Wildman–Crippen LogP) is 4.15. The van der Waals surface area contributed by atoms with Crippen molar-refractivity contribution in [2.75, 3.05) is 13.1 Å². The molecule has 0 saturated carbocycles. The van der Waals surface area contributed by atoms with Crippen LogP contribution in [0.4, 0.5) is 4.79 Å². The maximum Gasteiger partial charge on any atom is 0.410 e. The number of hydrogen-bond acceptors (Lipinski definition) is 5. The van der Waals surface area contributed by atoms with Crippen LogP contribution in [0, 0.1) is 0 Å². The molecule has 5 aromatic rings. The maximum atomic E-state index is 13.3. The third kappa shape index (κ3) is 3.02. The summed E-state index contributed by atoms with van der Waals surface area (Å²) in [6.07, 6.45) is 0.762. The summed E-state index contributed by atoms with van der Waals surface area (Å²) in [5, 5.41) is 17.2. The van der Waals surface area contributed by atoms with Crippen LogP contribution in [0.2, 0.25) is 0 Å². The average molecular weight is 523 g/mol. The first-order chi connectivity index (χ1) is 19.0. The lowest BCUT2D eigenvalue weighted by Gasteiger charge is -2.31. The molecule has 0 bridgehead atoms. The van der Waals surface area contributed by atoms with Crippen LogP contribution >= 0.6 is 0 Å². The Morgan fingerprint density at radius 1 is 0.795 bits per heavy atom. The van der Waals surface area contributed by atoms with E-state index in [0.29, 0.717) is 35.0 Å². The second kappa shape index (κ2) is 8.07. The van der Waals surface area contributed by atoms with Gasteiger partial charge < -0.3 is 23.9 Å². The van der Waals surface area contributed by atoms with Gasteiger partial charge >= 0.3 is 6.09 Å². The number of amides is 3. The molecule has 5 heterocycles. The van der Waals surface area contributed by atoms with Gasteiger partial charge in [-0.25, -0.2) is 4.79 Å². The van der Waals surface area contributed by atoms with Crippen molar-refractivity contribution in [1.29, 1.82) is 0 Å². The Bertz CT molecular complexity index is 1890. The van der Waals surface area contributed by atoms with Crippen molar-refractivity contribution in [2.45, 2.75) is 44.6 Å². The summed E-state index contributed by atoms with van der Waals surface area (Å²) in [6, 6.07) is 15.5. The molecule has 1 fully saturated rings. The highest BCUT2D eigenvalue weighted by molar-refractivity contribution is 6.39. The van der Waals surface area contributed by atoms with E-state index < -0.39 is 30.1 Å². The Balaban J connectivity index is 1.46. The summed E-state index contributed by atoms with van der Waals surface area (Å²) in [5.41, 5.74) is 4.04. The molecule has 9 heteroatoms. The number of hydrogen-bond donors (Lipinski definition) is 2. The molecule has 1 saturated heterocycles. The van der Waals surface area contributed by atoms with Gasteiger partial charge in [0.25, 0.3) is 11.8 Å². The number of rotatable bonds is 1. The maximum absolute atomic E-state index is 13.3. The molecule has 2 aromatic heterocycles. The zero-order valence-electron chi connectivity index (χ0n) is 21.1. The number of nitrogens with zero attached hydrogens (tertiary/aromatic N) is 3. The molecule has 2 unspecified atom stereocenters. The molecule has 8 rings (SSSR count). The van der Waals surface area contributed by atoms with Crippen LogP contribution < -0.4 is 5.32 Å². The summed E-state index contributed by atoms with van der Waals surface area (Å²) in [5.74, 6) is -0.820. The molecule has 0 spiro atoms. The summed E-state index contributed by atoms with van der Waals surface area (Å²) in [6.45, 7) is 1.70. The molecular weight excluding hydrogens is 496 g/mol. The van der Waals surface area contributed by atoms with Crippen LogP contribution in [0.5, 0.6) is 0 Å². The van der Waals surface area contributed by atoms with Gasteiger partial charge in [0.1, 0.15) is 12.2 Å². The van der Waals surface area contributed by atoms with Gasteiger partial charge in [-0.1, -0.05) is 36.4 Å². The SMILES string of the molecule is O=C1NC(=O)c2c1c1c3ccccc3n3c1c1c2c2ccccc2n1CC(OC(=O)N1CCCCC1)C(O)C3. The number of aliphatic hydroxyl groups excluding tert-OH is 1. The second-order valence-electron chi connectivity index (χ2n) is 10.8. The molecule has 3 aromatic carbocycles. The minimum atomic E-state index is -0.995. The van der Waals surface area contributed by atoms with Crippen molar-refractivity contribution in [2.24, 2.45) is 0 Å². The third-order valence-corrected chi connectivity index (χ3v) is 8.63. The van der Waals surface area contributed by atoms with E-state index in [-0.39, 0.29) is 13.1 Å². The lowest BCUT2D eigenvalue weighted by atomic mass is 9.96. The fraction of sp³-hybridized carbons (Fsp3) is 0.300. The molecule has 196 valence electrons. The van der Waals surface area contributed by atoms with Gasteiger partial charge in [-0.15, -0.1) is 0 Å². The number of likely N-dealkylation sites (tertiary alicyclic amines) is 1. The Morgan fingerprint density at radius 3 is 1.92 bits per heavy atom. The van der Waals surface area contributed by atoms with Crippen molar-refractivity contribution in [3.63, 3.8) is 0 Å². The number of fused-ring (bicyclic) bond motifs is 9. The highest BCUT2D eigenvalue weighted by Gasteiger charge is 2.39. The number of carbonyl (C=O) groups is 3. The Kier molecular flexibility index (Phi) is 4.67. The van der Waals surface area contributed by atoms with Crippen molar-refractivity contribution in [1.82, 2.24) is 19.4 Å². The van der Waals surface area contributed by atoms with E-state index in [4.69, 9.17) is 4.74 Å². The smallest absolute Gasteiger partial charge is 0.410 e. The predicted molar refractivity (Wildman–Crippen MR) is 146 cm³/mol. The molecule has 9 nitrogen and oxygen atoms in total. The van der Waals surface area contributed by atoms with E-state index in [1.54, 1.807) is 4.90 Å². The van der Waals surface area contributed by atoms with Gasteiger partial charge in [0.15, 0.2) is 0 Å². The van der Waals surface area contributed by atoms with Crippen molar-refractivity contribution >= 4 is 61.5 Å². The fourth-order valence-corrected chi connectivity index (χ4v) is 6.92. The third-order valence-electron chi connectivity index (χ3n) is 8.63. The zero-order chi connectivity index (χ0) is 26.4. The molecule has 0 radical (unpaired) electrons. The van der Waals surface area contributed by atoms with Crippen molar-refractivity contribution in [3.8, 4) is 0 Å². The van der Waals surface area contributed by atoms with E-state index in [1.807, 2.05) is 53.1 Å². The second-order valence-corrected chi connectivity index (χ2v) is 10.8. The standard InChI is InChI=1S/C30H26N4O5/c35-20-14-33-18-10-4-2-8-16(18)22-24-25(29(37)31-28(24)36)23-17-9-3-5-11-19(17)34(27(23)26(22)33)15-21(20)39-30(38)32-12-6-1-7-13-32/h2-5,8-11,20-21,35H,1,6-7,12-15H2,(H,31,36,37). The number of piperidine rings is 1. The molecule has 39 heavy (non-hydrogen) atoms. The fourth-order valence-electron chi connectivity index (χ4n) is 6.92. The number of aromatic nitrogens is 2. The number of nitrogens with one attached hydrogen (secondary N) is 1. The average Bonchev–Trinajstić information content (AvgIpc) is 3.55. The number of para-hydroxylation sites is 2. The number of aliphatic hydroxyl groups is 1. The Labute approximate surface area is 222 Å². The van der Waals surface area contributed by atoms with E-state index in [2.05, 4.69) is 9.88 Å². The molecule has 2 N–H and O–H groups in total. The molecule has 0 aliphatic carbocycles. The topological polar surface area (TPSA) is 106 Å². The highest BCUT2D eigenvalue weighted by atomic mass is 16.6. The highest BCUT2D eigenvalue weighted by Crippen LogP contribution is 2.45. The Hall–Kier alpha value is -4.37. The van der Waals surface area contributed by atoms with E-state index >= 15 is 0 Å². The van der Waals surface area contributed by atoms with Crippen LogP contribution in [0.3, 0.4) is 0 Å². The summed E-state index contributed by atoms with van der Waals surface area (Å²) < 4.78 is 10.1. The number of carbonyl (C=O) groups excluding carboxylic acids is 3. The minimum Gasteiger partial charge on any atom is -0.441 e. The van der Waals surface area contributed by atoms with Crippen LogP contribution in [0.25, 0.3) is 43.6 Å². The van der Waals surface area contributed by atoms with Crippen molar-refractivity contribution < 1.29 is 24.2 Å². The van der Waals surface area contributed by atoms with Gasteiger partial charge in [0.05, 0.1) is 35.2 Å². The number of benzene rings is 3. The van der Waals surface area contributed by atoms with Gasteiger partial charge in [-0.05, 0) is 31.4 Å². The van der Waals surface area contributed by atoms with E-state index in [1.165, 1.54) is 0 Å². The van der Waals surface area contributed by atoms with Gasteiger partial charge in [0.2, 0.25) is 0 Å². The molecule has 3 aliphatic rings. The molecule has 3 amide bonds. The lowest BCUT2D eigenvalue weighted by Crippen LogP contribution is -2.44. The van der Waals surface area contributed by atoms with E-state index in [0.717, 1.165) is 52.1 Å². The minimum absolute atomic E-state index is 0.174. The van der Waals surface area contributed by atoms with Crippen molar-refractivity contribution in [3.05, 3.63) is 59.7 Å². The molecule has 3 aliphatic heterocycles. The normalized spacial score (nSPS) is 21.1. The first-order valence-electron chi connectivity index (χ1n) is 13.5. The van der Waals surface area contributed by atoms with Gasteiger partial charge in [0, 0.05) is 45.7 Å². The van der Waals surface area contributed by atoms with Gasteiger partial charge in [-0.3, -0.25) is 14.9 Å². The molecule has 2 atom stereocenters. The van der Waals surface area contributed by atoms with Crippen LogP contribution in [-0.4, -0.2) is 62.3 Å². The van der Waals surface area contributed by atoms with Gasteiger partial charge in [-0.2, -0.15) is 0 Å². The van der Waals surface area contributed by atoms with Crippen LogP contribution in [0.1, 0.15) is 40.0 Å². The van der Waals surface area contributed by atoms with Crippen LogP contribution in [-0.2, 0) is 17.8 Å². The number of imide groups is 1. The largest absolute Gasteiger partial charge is 0.441 e. The van der Waals surface area contributed by atoms with Crippen LogP contribution in [0.15, 0.2) is 48.5 Å². The summed E-state index contributed by atoms with van der Waals surface area (Å²) in [4.78, 5) is 41.4. The van der Waals surface area contributed by atoms with E-state index in [9.17, 15) is 19.5 Å². The summed E-state index contributed by atoms with van der Waals surface area (Å²) >= 11 is 0.